The third-order valence-corrected chi connectivity index (χ3v) is 3.13. The third kappa shape index (κ3) is 2.30. The van der Waals surface area contributed by atoms with E-state index in [9.17, 15) is 8.78 Å². The molecule has 0 aliphatic carbocycles. The van der Waals surface area contributed by atoms with Gasteiger partial charge in [0, 0.05) is 6.42 Å². The molecule has 2 rings (SSSR count). The molecule has 0 saturated heterocycles. The molecule has 0 bridgehead atoms. The summed E-state index contributed by atoms with van der Waals surface area (Å²) < 4.78 is 25.5. The second kappa shape index (κ2) is 4.20. The minimum Gasteiger partial charge on any atom is -0.323 e. The number of benzene rings is 1. The van der Waals surface area contributed by atoms with Gasteiger partial charge in [0.05, 0.1) is 21.3 Å². The number of para-hydroxylation sites is 1. The van der Waals surface area contributed by atoms with Crippen LogP contribution in [0.25, 0.3) is 10.2 Å². The van der Waals surface area contributed by atoms with Gasteiger partial charge in [0.15, 0.2) is 0 Å². The molecule has 1 unspecified atom stereocenters. The van der Waals surface area contributed by atoms with Crippen molar-refractivity contribution in [3.05, 3.63) is 29.3 Å². The van der Waals surface area contributed by atoms with Gasteiger partial charge < -0.3 is 5.73 Å². The Balaban J connectivity index is 2.22. The molecule has 1 aromatic heterocycles. The Morgan fingerprint density at radius 3 is 2.73 bits per heavy atom. The summed E-state index contributed by atoms with van der Waals surface area (Å²) in [7, 11) is 0. The molecule has 0 saturated carbocycles. The maximum absolute atomic E-state index is 12.2. The van der Waals surface area contributed by atoms with Crippen molar-refractivity contribution in [3.8, 4) is 0 Å². The Kier molecular flexibility index (Phi) is 2.93. The fraction of sp³-hybridized carbons (Fsp3) is 0.300. The normalized spacial score (nSPS) is 13.6. The Hall–Kier alpha value is -1.07. The number of alkyl halides is 2. The van der Waals surface area contributed by atoms with E-state index in [2.05, 4.69) is 4.98 Å². The molecule has 0 spiro atoms. The molecule has 0 aliphatic rings. The lowest BCUT2D eigenvalue weighted by Gasteiger charge is -2.06. The summed E-state index contributed by atoms with van der Waals surface area (Å²) in [5.74, 6) is 0. The highest BCUT2D eigenvalue weighted by molar-refractivity contribution is 7.18. The summed E-state index contributed by atoms with van der Waals surface area (Å²) in [6.45, 7) is 0. The van der Waals surface area contributed by atoms with Crippen molar-refractivity contribution in [2.75, 3.05) is 0 Å². The molecule has 0 amide bonds. The molecule has 1 aromatic carbocycles. The number of halogens is 2. The van der Waals surface area contributed by atoms with Crippen molar-refractivity contribution in [1.82, 2.24) is 4.98 Å². The highest BCUT2D eigenvalue weighted by atomic mass is 32.1. The predicted octanol–water partition coefficient (Wildman–Crippen LogP) is 2.43. The third-order valence-electron chi connectivity index (χ3n) is 2.07. The molecular weight excluding hydrogens is 218 g/mol. The Bertz CT molecular complexity index is 422. The number of nitrogens with zero attached hydrogens (tertiary/aromatic N) is 1. The zero-order valence-electron chi connectivity index (χ0n) is 7.86. The highest BCUT2D eigenvalue weighted by Gasteiger charge is 2.17. The van der Waals surface area contributed by atoms with Crippen LogP contribution in [0.1, 0.15) is 5.01 Å². The lowest BCUT2D eigenvalue weighted by molar-refractivity contribution is 0.116. The molecule has 0 fully saturated rings. The number of rotatable bonds is 3. The summed E-state index contributed by atoms with van der Waals surface area (Å²) in [4.78, 5) is 4.24. The molecule has 1 atom stereocenters. The van der Waals surface area contributed by atoms with Crippen molar-refractivity contribution in [2.45, 2.75) is 18.9 Å². The minimum absolute atomic E-state index is 0.136. The standard InChI is InChI=1S/C10H10F2N2S/c11-10(12)6(13)5-9-14-7-3-1-2-4-8(7)15-9/h1-4,6,10H,5,13H2. The molecule has 80 valence electrons. The first-order chi connectivity index (χ1) is 7.16. The molecule has 2 aromatic rings. The van der Waals surface area contributed by atoms with Gasteiger partial charge in [-0.1, -0.05) is 12.1 Å². The molecule has 0 radical (unpaired) electrons. The van der Waals surface area contributed by atoms with E-state index in [1.165, 1.54) is 11.3 Å². The lowest BCUT2D eigenvalue weighted by atomic mass is 10.2. The summed E-state index contributed by atoms with van der Waals surface area (Å²) in [5.41, 5.74) is 6.13. The van der Waals surface area contributed by atoms with Gasteiger partial charge >= 0.3 is 0 Å². The fourth-order valence-corrected chi connectivity index (χ4v) is 2.34. The smallest absolute Gasteiger partial charge is 0.253 e. The number of aromatic nitrogens is 1. The molecule has 5 heteroatoms. The van der Waals surface area contributed by atoms with E-state index < -0.39 is 12.5 Å². The summed E-state index contributed by atoms with van der Waals surface area (Å²) in [6, 6.07) is 6.44. The molecule has 1 heterocycles. The van der Waals surface area contributed by atoms with Gasteiger partial charge in [0.2, 0.25) is 0 Å². The van der Waals surface area contributed by atoms with Gasteiger partial charge in [-0.25, -0.2) is 13.8 Å². The van der Waals surface area contributed by atoms with E-state index in [1.807, 2.05) is 24.3 Å². The van der Waals surface area contributed by atoms with Gasteiger partial charge in [-0.3, -0.25) is 0 Å². The first kappa shape index (κ1) is 10.4. The van der Waals surface area contributed by atoms with Crippen molar-refractivity contribution in [3.63, 3.8) is 0 Å². The first-order valence-electron chi connectivity index (χ1n) is 4.55. The molecule has 2 nitrogen and oxygen atoms in total. The van der Waals surface area contributed by atoms with Crippen molar-refractivity contribution in [2.24, 2.45) is 5.73 Å². The van der Waals surface area contributed by atoms with E-state index in [1.54, 1.807) is 0 Å². The van der Waals surface area contributed by atoms with Gasteiger partial charge in [-0.05, 0) is 12.1 Å². The van der Waals surface area contributed by atoms with Crippen LogP contribution in [0.15, 0.2) is 24.3 Å². The van der Waals surface area contributed by atoms with Crippen molar-refractivity contribution >= 4 is 21.6 Å². The van der Waals surface area contributed by atoms with Gasteiger partial charge in [-0.15, -0.1) is 11.3 Å². The Morgan fingerprint density at radius 2 is 2.07 bits per heavy atom. The van der Waals surface area contributed by atoms with Crippen LogP contribution in [0.4, 0.5) is 8.78 Å². The summed E-state index contributed by atoms with van der Waals surface area (Å²) in [5, 5.41) is 0.670. The van der Waals surface area contributed by atoms with E-state index in [4.69, 9.17) is 5.73 Å². The quantitative estimate of drug-likeness (QED) is 0.876. The highest BCUT2D eigenvalue weighted by Crippen LogP contribution is 2.22. The van der Waals surface area contributed by atoms with Gasteiger partial charge in [0.1, 0.15) is 0 Å². The fourth-order valence-electron chi connectivity index (χ4n) is 1.30. The first-order valence-corrected chi connectivity index (χ1v) is 5.36. The van der Waals surface area contributed by atoms with Gasteiger partial charge in [-0.2, -0.15) is 0 Å². The van der Waals surface area contributed by atoms with Crippen LogP contribution < -0.4 is 5.73 Å². The van der Waals surface area contributed by atoms with E-state index >= 15 is 0 Å². The number of fused-ring (bicyclic) bond motifs is 1. The van der Waals surface area contributed by atoms with E-state index in [-0.39, 0.29) is 6.42 Å². The van der Waals surface area contributed by atoms with Crippen LogP contribution in [0.2, 0.25) is 0 Å². The summed E-state index contributed by atoms with van der Waals surface area (Å²) in [6.07, 6.45) is -2.35. The zero-order chi connectivity index (χ0) is 10.8. The van der Waals surface area contributed by atoms with Crippen LogP contribution in [0.5, 0.6) is 0 Å². The average Bonchev–Trinajstić information content (AvgIpc) is 2.59. The van der Waals surface area contributed by atoms with Crippen molar-refractivity contribution in [1.29, 1.82) is 0 Å². The molecule has 2 N–H and O–H groups in total. The predicted molar refractivity (Wildman–Crippen MR) is 57.3 cm³/mol. The van der Waals surface area contributed by atoms with Crippen molar-refractivity contribution < 1.29 is 8.78 Å². The van der Waals surface area contributed by atoms with Crippen LogP contribution >= 0.6 is 11.3 Å². The van der Waals surface area contributed by atoms with Crippen LogP contribution in [0.3, 0.4) is 0 Å². The molecule has 15 heavy (non-hydrogen) atoms. The maximum Gasteiger partial charge on any atom is 0.253 e. The second-order valence-corrected chi connectivity index (χ2v) is 4.39. The van der Waals surface area contributed by atoms with Crippen LogP contribution in [-0.2, 0) is 6.42 Å². The van der Waals surface area contributed by atoms with E-state index in [0.29, 0.717) is 5.01 Å². The Morgan fingerprint density at radius 1 is 1.33 bits per heavy atom. The lowest BCUT2D eigenvalue weighted by Crippen LogP contribution is -2.30. The average molecular weight is 228 g/mol. The summed E-state index contributed by atoms with van der Waals surface area (Å²) >= 11 is 1.42. The number of nitrogens with two attached hydrogens (primary N) is 1. The van der Waals surface area contributed by atoms with Crippen LogP contribution in [-0.4, -0.2) is 17.5 Å². The van der Waals surface area contributed by atoms with Gasteiger partial charge in [0.25, 0.3) is 6.43 Å². The number of thiazole rings is 1. The van der Waals surface area contributed by atoms with E-state index in [0.717, 1.165) is 10.2 Å². The van der Waals surface area contributed by atoms with Crippen LogP contribution in [0, 0.1) is 0 Å². The molecule has 0 aliphatic heterocycles. The maximum atomic E-state index is 12.2. The second-order valence-electron chi connectivity index (χ2n) is 3.28. The topological polar surface area (TPSA) is 38.9 Å². The number of hydrogen-bond donors (Lipinski definition) is 1. The SMILES string of the molecule is NC(Cc1nc2ccccc2s1)C(F)F. The molecular formula is C10H10F2N2S. The number of hydrogen-bond acceptors (Lipinski definition) is 3. The minimum atomic E-state index is -2.49. The Labute approximate surface area is 89.7 Å². The zero-order valence-corrected chi connectivity index (χ0v) is 8.68. The largest absolute Gasteiger partial charge is 0.323 e. The monoisotopic (exact) mass is 228 g/mol.